The Kier molecular flexibility index (Phi) is 3.21. The predicted octanol–water partition coefficient (Wildman–Crippen LogP) is 3.56. The monoisotopic (exact) mass is 348 g/mol. The number of Topliss-reactive ketones (excluding diaryl/α,β-unsaturated/α-hetero) is 1. The fraction of sp³-hybridized carbons (Fsp3) is 0.190. The molecule has 0 unspecified atom stereocenters. The van der Waals surface area contributed by atoms with Crippen LogP contribution in [0.5, 0.6) is 17.2 Å². The summed E-state index contributed by atoms with van der Waals surface area (Å²) in [7, 11) is 0. The fourth-order valence-corrected chi connectivity index (χ4v) is 3.91. The molecule has 0 aromatic heterocycles. The summed E-state index contributed by atoms with van der Waals surface area (Å²) in [4.78, 5) is 12.6. The average molecular weight is 348 g/mol. The summed E-state index contributed by atoms with van der Waals surface area (Å²) in [6, 6.07) is 11.0. The largest absolute Gasteiger partial charge is 0.508 e. The van der Waals surface area contributed by atoms with Crippen LogP contribution in [-0.4, -0.2) is 22.8 Å². The molecule has 3 aromatic rings. The highest BCUT2D eigenvalue weighted by molar-refractivity contribution is 6.14. The van der Waals surface area contributed by atoms with Crippen molar-refractivity contribution in [3.63, 3.8) is 0 Å². The van der Waals surface area contributed by atoms with Crippen molar-refractivity contribution < 1.29 is 24.5 Å². The van der Waals surface area contributed by atoms with Crippen LogP contribution in [0, 0.1) is 0 Å². The van der Waals surface area contributed by atoms with Gasteiger partial charge in [0.25, 0.3) is 0 Å². The van der Waals surface area contributed by atoms with Gasteiger partial charge in [-0.15, -0.1) is 0 Å². The lowest BCUT2D eigenvalue weighted by Crippen LogP contribution is -1.98. The second-order valence-corrected chi connectivity index (χ2v) is 6.64. The van der Waals surface area contributed by atoms with E-state index < -0.39 is 0 Å². The van der Waals surface area contributed by atoms with Gasteiger partial charge in [-0.1, -0.05) is 12.1 Å². The number of phenols is 1. The van der Waals surface area contributed by atoms with E-state index in [2.05, 4.69) is 0 Å². The number of carbonyl (C=O) groups is 1. The number of fused-ring (bicyclic) bond motifs is 3. The van der Waals surface area contributed by atoms with Crippen LogP contribution in [0.2, 0.25) is 0 Å². The summed E-state index contributed by atoms with van der Waals surface area (Å²) in [6.07, 6.45) is 1.19. The molecule has 3 aromatic carbocycles. The van der Waals surface area contributed by atoms with Gasteiger partial charge in [-0.3, -0.25) is 4.79 Å². The summed E-state index contributed by atoms with van der Waals surface area (Å²) in [5.74, 6) is 1.51. The highest BCUT2D eigenvalue weighted by Gasteiger charge is 2.27. The minimum Gasteiger partial charge on any atom is -0.508 e. The first-order valence-corrected chi connectivity index (χ1v) is 8.51. The number of ketones is 1. The maximum Gasteiger partial charge on any atom is 0.231 e. The highest BCUT2D eigenvalue weighted by Crippen LogP contribution is 2.43. The summed E-state index contributed by atoms with van der Waals surface area (Å²) in [6.45, 7) is -0.0821. The van der Waals surface area contributed by atoms with Gasteiger partial charge in [-0.25, -0.2) is 0 Å². The van der Waals surface area contributed by atoms with E-state index in [-0.39, 0.29) is 24.9 Å². The van der Waals surface area contributed by atoms with Crippen LogP contribution in [0.25, 0.3) is 21.9 Å². The standard InChI is InChI=1S/C21H16O5/c22-9-14-6-15-13(7-17(14)24)5-11-1-3-16(23)21(11)20(15)12-2-4-18-19(8-12)26-10-25-18/h2,4-8,22,24H,1,3,9-10H2. The molecule has 0 bridgehead atoms. The van der Waals surface area contributed by atoms with Gasteiger partial charge in [-0.2, -0.15) is 0 Å². The number of aliphatic hydroxyl groups is 1. The molecule has 0 amide bonds. The molecule has 5 rings (SSSR count). The van der Waals surface area contributed by atoms with E-state index in [0.29, 0.717) is 29.9 Å². The molecular weight excluding hydrogens is 332 g/mol. The van der Waals surface area contributed by atoms with E-state index >= 15 is 0 Å². The number of hydrogen-bond acceptors (Lipinski definition) is 5. The van der Waals surface area contributed by atoms with Gasteiger partial charge >= 0.3 is 0 Å². The van der Waals surface area contributed by atoms with Crippen molar-refractivity contribution in [3.05, 3.63) is 53.1 Å². The van der Waals surface area contributed by atoms with Gasteiger partial charge in [0.1, 0.15) is 5.75 Å². The number of carbonyl (C=O) groups excluding carboxylic acids is 1. The van der Waals surface area contributed by atoms with Crippen molar-refractivity contribution in [3.8, 4) is 28.4 Å². The molecule has 0 atom stereocenters. The topological polar surface area (TPSA) is 76.0 Å². The highest BCUT2D eigenvalue weighted by atomic mass is 16.7. The van der Waals surface area contributed by atoms with Crippen LogP contribution in [0.1, 0.15) is 27.9 Å². The molecule has 2 N–H and O–H groups in total. The second-order valence-electron chi connectivity index (χ2n) is 6.64. The Hall–Kier alpha value is -3.05. The first-order valence-electron chi connectivity index (χ1n) is 8.51. The lowest BCUT2D eigenvalue weighted by molar-refractivity contribution is 0.0995. The number of rotatable bonds is 2. The summed E-state index contributed by atoms with van der Waals surface area (Å²) >= 11 is 0. The lowest BCUT2D eigenvalue weighted by atomic mass is 9.89. The van der Waals surface area contributed by atoms with Gasteiger partial charge < -0.3 is 19.7 Å². The maximum atomic E-state index is 12.6. The molecule has 1 aliphatic heterocycles. The molecule has 0 spiro atoms. The smallest absolute Gasteiger partial charge is 0.231 e. The SMILES string of the molecule is O=C1CCc2cc3cc(O)c(CO)cc3c(-c3ccc4c(c3)OCO4)c21. The van der Waals surface area contributed by atoms with E-state index in [0.717, 1.165) is 33.0 Å². The van der Waals surface area contributed by atoms with Crippen LogP contribution < -0.4 is 9.47 Å². The normalized spacial score (nSPS) is 14.9. The van der Waals surface area contributed by atoms with Crippen LogP contribution in [0.15, 0.2) is 36.4 Å². The summed E-state index contributed by atoms with van der Waals surface area (Å²) in [5, 5.41) is 21.4. The van der Waals surface area contributed by atoms with Crippen LogP contribution in [-0.2, 0) is 13.0 Å². The van der Waals surface area contributed by atoms with E-state index in [4.69, 9.17) is 9.47 Å². The zero-order chi connectivity index (χ0) is 17.8. The number of aryl methyl sites for hydroxylation is 1. The molecule has 130 valence electrons. The Balaban J connectivity index is 1.87. The Bertz CT molecular complexity index is 1080. The number of hydrogen-bond donors (Lipinski definition) is 2. The van der Waals surface area contributed by atoms with Gasteiger partial charge in [-0.05, 0) is 52.6 Å². The van der Waals surface area contributed by atoms with Gasteiger partial charge in [0.15, 0.2) is 17.3 Å². The van der Waals surface area contributed by atoms with Crippen LogP contribution in [0.3, 0.4) is 0 Å². The molecule has 5 heteroatoms. The predicted molar refractivity (Wildman–Crippen MR) is 95.7 cm³/mol. The molecule has 1 heterocycles. The zero-order valence-corrected chi connectivity index (χ0v) is 13.9. The first kappa shape index (κ1) is 15.2. The molecule has 2 aliphatic rings. The number of aliphatic hydroxyl groups excluding tert-OH is 1. The third-order valence-electron chi connectivity index (χ3n) is 5.15. The van der Waals surface area contributed by atoms with E-state index in [1.165, 1.54) is 0 Å². The van der Waals surface area contributed by atoms with Crippen molar-refractivity contribution in [2.45, 2.75) is 19.4 Å². The molecular formula is C21H16O5. The summed E-state index contributed by atoms with van der Waals surface area (Å²) < 4.78 is 10.9. The van der Waals surface area contributed by atoms with Gasteiger partial charge in [0.05, 0.1) is 6.61 Å². The molecule has 0 saturated heterocycles. The first-order chi connectivity index (χ1) is 12.7. The van der Waals surface area contributed by atoms with Crippen molar-refractivity contribution in [2.24, 2.45) is 0 Å². The fourth-order valence-electron chi connectivity index (χ4n) is 3.91. The molecule has 1 aliphatic carbocycles. The Labute approximate surface area is 149 Å². The lowest BCUT2D eigenvalue weighted by Gasteiger charge is -2.15. The number of aromatic hydroxyl groups is 1. The molecule has 5 nitrogen and oxygen atoms in total. The van der Waals surface area contributed by atoms with Crippen molar-refractivity contribution in [1.82, 2.24) is 0 Å². The maximum absolute atomic E-state index is 12.6. The Morgan fingerprint density at radius 2 is 1.81 bits per heavy atom. The molecule has 0 radical (unpaired) electrons. The van der Waals surface area contributed by atoms with Gasteiger partial charge in [0, 0.05) is 23.1 Å². The molecule has 0 fully saturated rings. The third-order valence-corrected chi connectivity index (χ3v) is 5.15. The van der Waals surface area contributed by atoms with Gasteiger partial charge in [0.2, 0.25) is 6.79 Å². The third kappa shape index (κ3) is 2.10. The second kappa shape index (κ2) is 5.47. The quantitative estimate of drug-likeness (QED) is 0.740. The minimum absolute atomic E-state index is 0.0564. The molecule has 26 heavy (non-hydrogen) atoms. The number of benzene rings is 3. The minimum atomic E-state index is -0.270. The number of ether oxygens (including phenoxy) is 2. The average Bonchev–Trinajstić information content (AvgIpc) is 3.25. The van der Waals surface area contributed by atoms with Crippen LogP contribution >= 0.6 is 0 Å². The zero-order valence-electron chi connectivity index (χ0n) is 13.9. The van der Waals surface area contributed by atoms with E-state index in [1.54, 1.807) is 12.1 Å². The van der Waals surface area contributed by atoms with Crippen molar-refractivity contribution in [1.29, 1.82) is 0 Å². The Morgan fingerprint density at radius 1 is 0.962 bits per heavy atom. The van der Waals surface area contributed by atoms with E-state index in [1.807, 2.05) is 24.3 Å². The Morgan fingerprint density at radius 3 is 2.65 bits per heavy atom. The van der Waals surface area contributed by atoms with Crippen LogP contribution in [0.4, 0.5) is 0 Å². The molecule has 0 saturated carbocycles. The van der Waals surface area contributed by atoms with Crippen molar-refractivity contribution >= 4 is 16.6 Å². The summed E-state index contributed by atoms with van der Waals surface area (Å²) in [5.41, 5.74) is 3.84. The van der Waals surface area contributed by atoms with E-state index in [9.17, 15) is 15.0 Å². The van der Waals surface area contributed by atoms with Crippen molar-refractivity contribution in [2.75, 3.05) is 6.79 Å².